The van der Waals surface area contributed by atoms with Gasteiger partial charge in [-0.15, -0.1) is 0 Å². The summed E-state index contributed by atoms with van der Waals surface area (Å²) in [4.78, 5) is 18.0. The molecular formula is C15H22N4O3. The van der Waals surface area contributed by atoms with Crippen LogP contribution in [0.4, 0.5) is 16.5 Å². The van der Waals surface area contributed by atoms with E-state index in [1.807, 2.05) is 27.9 Å². The molecule has 7 heteroatoms. The van der Waals surface area contributed by atoms with Crippen molar-refractivity contribution in [1.82, 2.24) is 10.3 Å². The summed E-state index contributed by atoms with van der Waals surface area (Å²) in [5, 5.41) is 14.6. The summed E-state index contributed by atoms with van der Waals surface area (Å²) >= 11 is 0. The summed E-state index contributed by atoms with van der Waals surface area (Å²) in [5.41, 5.74) is 1.96. The lowest BCUT2D eigenvalue weighted by Crippen LogP contribution is -2.40. The number of hydrogen-bond donors (Lipinski definition) is 3. The van der Waals surface area contributed by atoms with Crippen molar-refractivity contribution in [2.75, 3.05) is 30.9 Å². The maximum absolute atomic E-state index is 11.9. The molecule has 0 spiro atoms. The molecule has 0 radical (unpaired) electrons. The zero-order chi connectivity index (χ0) is 16.3. The number of nitrogens with one attached hydrogen (secondary N) is 2. The van der Waals surface area contributed by atoms with Gasteiger partial charge < -0.3 is 25.1 Å². The van der Waals surface area contributed by atoms with E-state index in [1.165, 1.54) is 0 Å². The third kappa shape index (κ3) is 3.67. The fraction of sp³-hybridized carbons (Fsp3) is 0.467. The summed E-state index contributed by atoms with van der Waals surface area (Å²) in [6, 6.07) is 5.36. The summed E-state index contributed by atoms with van der Waals surface area (Å²) in [6.45, 7) is 3.75. The summed E-state index contributed by atoms with van der Waals surface area (Å²) < 4.78 is 5.60. The number of aliphatic hydroxyl groups is 1. The van der Waals surface area contributed by atoms with Gasteiger partial charge >= 0.3 is 6.03 Å². The van der Waals surface area contributed by atoms with E-state index in [9.17, 15) is 4.79 Å². The van der Waals surface area contributed by atoms with Gasteiger partial charge in [-0.05, 0) is 25.0 Å². The van der Waals surface area contributed by atoms with Gasteiger partial charge in [0.05, 0.1) is 0 Å². The fourth-order valence-corrected chi connectivity index (χ4v) is 1.86. The Balaban J connectivity index is 2.06. The Morgan fingerprint density at radius 2 is 2.14 bits per heavy atom. The van der Waals surface area contributed by atoms with Gasteiger partial charge in [0, 0.05) is 38.5 Å². The molecular weight excluding hydrogens is 284 g/mol. The number of hydrogen-bond acceptors (Lipinski definition) is 5. The molecule has 0 bridgehead atoms. The number of carbonyl (C=O) groups is 1. The molecule has 0 aliphatic carbocycles. The molecule has 0 aliphatic rings. The Kier molecular flexibility index (Phi) is 4.87. The first-order valence-corrected chi connectivity index (χ1v) is 7.17. The normalized spacial score (nSPS) is 13.7. The molecule has 2 aromatic rings. The molecule has 2 atom stereocenters. The molecule has 22 heavy (non-hydrogen) atoms. The zero-order valence-electron chi connectivity index (χ0n) is 13.3. The van der Waals surface area contributed by atoms with Crippen LogP contribution in [-0.2, 0) is 0 Å². The van der Waals surface area contributed by atoms with Crippen LogP contribution in [0, 0.1) is 5.92 Å². The van der Waals surface area contributed by atoms with Gasteiger partial charge in [0.2, 0.25) is 0 Å². The third-order valence-corrected chi connectivity index (χ3v) is 3.52. The lowest BCUT2D eigenvalue weighted by molar-refractivity contribution is 0.204. The lowest BCUT2D eigenvalue weighted by atomic mass is 10.1. The van der Waals surface area contributed by atoms with Gasteiger partial charge in [0.1, 0.15) is 5.52 Å². The average molecular weight is 306 g/mol. The van der Waals surface area contributed by atoms with Crippen LogP contribution in [0.25, 0.3) is 11.1 Å². The Labute approximate surface area is 129 Å². The van der Waals surface area contributed by atoms with Crippen molar-refractivity contribution >= 4 is 28.8 Å². The Morgan fingerprint density at radius 3 is 2.77 bits per heavy atom. The van der Waals surface area contributed by atoms with Crippen molar-refractivity contribution < 1.29 is 14.3 Å². The van der Waals surface area contributed by atoms with E-state index in [2.05, 4.69) is 15.6 Å². The molecule has 2 amide bonds. The molecule has 2 rings (SSSR count). The number of anilines is 2. The Bertz CT molecular complexity index is 653. The highest BCUT2D eigenvalue weighted by Gasteiger charge is 2.14. The smallest absolute Gasteiger partial charge is 0.319 e. The van der Waals surface area contributed by atoms with Crippen LogP contribution in [0.1, 0.15) is 13.8 Å². The van der Waals surface area contributed by atoms with E-state index in [0.717, 1.165) is 5.52 Å². The van der Waals surface area contributed by atoms with Crippen LogP contribution >= 0.6 is 0 Å². The number of aromatic nitrogens is 1. The first-order chi connectivity index (χ1) is 10.4. The van der Waals surface area contributed by atoms with Gasteiger partial charge in [-0.25, -0.2) is 4.79 Å². The van der Waals surface area contributed by atoms with Crippen LogP contribution in [0.5, 0.6) is 0 Å². The molecule has 2 unspecified atom stereocenters. The minimum Gasteiger partial charge on any atom is -0.423 e. The number of amides is 2. The highest BCUT2D eigenvalue weighted by molar-refractivity contribution is 5.91. The monoisotopic (exact) mass is 306 g/mol. The van der Waals surface area contributed by atoms with E-state index >= 15 is 0 Å². The molecule has 7 nitrogen and oxygen atoms in total. The van der Waals surface area contributed by atoms with Crippen molar-refractivity contribution in [2.24, 2.45) is 5.92 Å². The fourth-order valence-electron chi connectivity index (χ4n) is 1.86. The second-order valence-corrected chi connectivity index (χ2v) is 5.62. The maximum atomic E-state index is 11.9. The molecule has 0 saturated heterocycles. The van der Waals surface area contributed by atoms with Gasteiger partial charge in [-0.2, -0.15) is 4.98 Å². The molecule has 3 N–H and O–H groups in total. The second kappa shape index (κ2) is 6.65. The maximum Gasteiger partial charge on any atom is 0.319 e. The van der Waals surface area contributed by atoms with E-state index in [0.29, 0.717) is 17.3 Å². The SMILES string of the molecule is CC(CO)C(C)NC(=O)Nc1ccc2nc(N(C)C)oc2c1. The number of rotatable bonds is 5. The molecule has 1 aromatic carbocycles. The van der Waals surface area contributed by atoms with Crippen LogP contribution in [0.3, 0.4) is 0 Å². The van der Waals surface area contributed by atoms with Crippen molar-refractivity contribution in [2.45, 2.75) is 19.9 Å². The number of carbonyl (C=O) groups excluding carboxylic acids is 1. The number of nitrogens with zero attached hydrogens (tertiary/aromatic N) is 2. The molecule has 0 fully saturated rings. The quantitative estimate of drug-likeness (QED) is 0.786. The van der Waals surface area contributed by atoms with Crippen molar-refractivity contribution in [3.8, 4) is 0 Å². The highest BCUT2D eigenvalue weighted by Crippen LogP contribution is 2.23. The molecule has 0 aliphatic heterocycles. The molecule has 1 aromatic heterocycles. The topological polar surface area (TPSA) is 90.6 Å². The van der Waals surface area contributed by atoms with Crippen molar-refractivity contribution in [3.63, 3.8) is 0 Å². The summed E-state index contributed by atoms with van der Waals surface area (Å²) in [7, 11) is 3.70. The number of fused-ring (bicyclic) bond motifs is 1. The van der Waals surface area contributed by atoms with Gasteiger partial charge in [-0.1, -0.05) is 6.92 Å². The van der Waals surface area contributed by atoms with Gasteiger partial charge in [0.15, 0.2) is 5.58 Å². The minimum atomic E-state index is -0.320. The number of oxazole rings is 1. The van der Waals surface area contributed by atoms with E-state index < -0.39 is 0 Å². The average Bonchev–Trinajstić information content (AvgIpc) is 2.89. The molecule has 1 heterocycles. The standard InChI is InChI=1S/C15H22N4O3/c1-9(8-20)10(2)16-14(21)17-11-5-6-12-13(7-11)22-15(18-12)19(3)4/h5-7,9-10,20H,8H2,1-4H3,(H2,16,17,21). The summed E-state index contributed by atoms with van der Waals surface area (Å²) in [6.07, 6.45) is 0. The highest BCUT2D eigenvalue weighted by atomic mass is 16.4. The van der Waals surface area contributed by atoms with E-state index in [-0.39, 0.29) is 24.6 Å². The predicted octanol–water partition coefficient (Wildman–Crippen LogP) is 2.03. The Morgan fingerprint density at radius 1 is 1.41 bits per heavy atom. The number of benzene rings is 1. The number of urea groups is 1. The van der Waals surface area contributed by atoms with Crippen molar-refractivity contribution in [3.05, 3.63) is 18.2 Å². The summed E-state index contributed by atoms with van der Waals surface area (Å²) in [5.74, 6) is -0.00912. The molecule has 0 saturated carbocycles. The van der Waals surface area contributed by atoms with Gasteiger partial charge in [-0.3, -0.25) is 0 Å². The van der Waals surface area contributed by atoms with Crippen LogP contribution in [-0.4, -0.2) is 42.9 Å². The zero-order valence-corrected chi connectivity index (χ0v) is 13.3. The number of aliphatic hydroxyl groups excluding tert-OH is 1. The van der Waals surface area contributed by atoms with Crippen LogP contribution in [0.15, 0.2) is 22.6 Å². The minimum absolute atomic E-state index is 0.00912. The largest absolute Gasteiger partial charge is 0.423 e. The Hall–Kier alpha value is -2.28. The predicted molar refractivity (Wildman–Crippen MR) is 86.2 cm³/mol. The van der Waals surface area contributed by atoms with E-state index in [1.54, 1.807) is 23.1 Å². The molecule has 120 valence electrons. The third-order valence-electron chi connectivity index (χ3n) is 3.52. The van der Waals surface area contributed by atoms with Crippen LogP contribution < -0.4 is 15.5 Å². The van der Waals surface area contributed by atoms with Gasteiger partial charge in [0.25, 0.3) is 6.01 Å². The first kappa shape index (κ1) is 16.1. The van der Waals surface area contributed by atoms with Crippen molar-refractivity contribution in [1.29, 1.82) is 0 Å². The van der Waals surface area contributed by atoms with Crippen LogP contribution in [0.2, 0.25) is 0 Å². The second-order valence-electron chi connectivity index (χ2n) is 5.62. The lowest BCUT2D eigenvalue weighted by Gasteiger charge is -2.19. The van der Waals surface area contributed by atoms with E-state index in [4.69, 9.17) is 9.52 Å². The first-order valence-electron chi connectivity index (χ1n) is 7.17.